The van der Waals surface area contributed by atoms with Gasteiger partial charge in [-0.1, -0.05) is 53.7 Å². The molecule has 9 nitrogen and oxygen atoms in total. The number of aromatic nitrogens is 4. The summed E-state index contributed by atoms with van der Waals surface area (Å²) in [7, 11) is 0. The lowest BCUT2D eigenvalue weighted by molar-refractivity contribution is -0.121. The number of amides is 1. The molecule has 0 aliphatic carbocycles. The SMILES string of the molecule is O=C(CCc1nc(-c2ccccc2)no1)NCCCCNc1n[nH]c(=O)c2ccccc12. The molecule has 0 radical (unpaired) electrons. The molecule has 4 aromatic rings. The van der Waals surface area contributed by atoms with Crippen LogP contribution in [0.1, 0.15) is 25.2 Å². The molecule has 2 heterocycles. The number of nitrogens with one attached hydrogen (secondary N) is 3. The van der Waals surface area contributed by atoms with Gasteiger partial charge >= 0.3 is 0 Å². The second-order valence-corrected chi connectivity index (χ2v) is 7.31. The van der Waals surface area contributed by atoms with Gasteiger partial charge in [0.25, 0.3) is 5.56 Å². The van der Waals surface area contributed by atoms with Crippen LogP contribution in [0.3, 0.4) is 0 Å². The number of hydrogen-bond acceptors (Lipinski definition) is 7. The molecule has 2 aromatic heterocycles. The Morgan fingerprint density at radius 1 is 0.969 bits per heavy atom. The zero-order chi connectivity index (χ0) is 22.2. The van der Waals surface area contributed by atoms with Gasteiger partial charge < -0.3 is 15.2 Å². The van der Waals surface area contributed by atoms with E-state index >= 15 is 0 Å². The van der Waals surface area contributed by atoms with Crippen molar-refractivity contribution in [1.82, 2.24) is 25.7 Å². The van der Waals surface area contributed by atoms with Crippen LogP contribution < -0.4 is 16.2 Å². The minimum atomic E-state index is -0.203. The minimum Gasteiger partial charge on any atom is -0.368 e. The monoisotopic (exact) mass is 432 g/mol. The van der Waals surface area contributed by atoms with E-state index in [1.807, 2.05) is 48.5 Å². The van der Waals surface area contributed by atoms with Crippen molar-refractivity contribution in [3.8, 4) is 11.4 Å². The van der Waals surface area contributed by atoms with Gasteiger partial charge in [-0.3, -0.25) is 9.59 Å². The highest BCUT2D eigenvalue weighted by Crippen LogP contribution is 2.17. The number of rotatable bonds is 10. The van der Waals surface area contributed by atoms with E-state index in [0.29, 0.717) is 48.9 Å². The molecule has 0 bridgehead atoms. The Bertz CT molecular complexity index is 1240. The average molecular weight is 432 g/mol. The topological polar surface area (TPSA) is 126 Å². The first kappa shape index (κ1) is 21.2. The largest absolute Gasteiger partial charge is 0.368 e. The van der Waals surface area contributed by atoms with Crippen LogP contribution in [-0.4, -0.2) is 39.3 Å². The van der Waals surface area contributed by atoms with Gasteiger partial charge in [0.1, 0.15) is 0 Å². The van der Waals surface area contributed by atoms with Crippen LogP contribution in [-0.2, 0) is 11.2 Å². The van der Waals surface area contributed by atoms with Crippen LogP contribution in [0.2, 0.25) is 0 Å². The Kier molecular flexibility index (Phi) is 6.86. The zero-order valence-electron chi connectivity index (χ0n) is 17.5. The molecule has 1 amide bonds. The number of aromatic amines is 1. The van der Waals surface area contributed by atoms with Crippen molar-refractivity contribution in [3.05, 3.63) is 70.8 Å². The number of carbonyl (C=O) groups is 1. The Labute approximate surface area is 184 Å². The van der Waals surface area contributed by atoms with E-state index in [1.165, 1.54) is 0 Å². The summed E-state index contributed by atoms with van der Waals surface area (Å²) in [5.41, 5.74) is 0.677. The first-order valence-corrected chi connectivity index (χ1v) is 10.6. The summed E-state index contributed by atoms with van der Waals surface area (Å²) < 4.78 is 5.23. The maximum atomic E-state index is 12.1. The van der Waals surface area contributed by atoms with E-state index < -0.39 is 0 Å². The summed E-state index contributed by atoms with van der Waals surface area (Å²) in [6.45, 7) is 1.27. The quantitative estimate of drug-likeness (QED) is 0.329. The number of nitrogens with zero attached hydrogens (tertiary/aromatic N) is 3. The summed E-state index contributed by atoms with van der Waals surface area (Å²) in [6, 6.07) is 16.9. The number of carbonyl (C=O) groups excluding carboxylic acids is 1. The van der Waals surface area contributed by atoms with Crippen molar-refractivity contribution >= 4 is 22.5 Å². The zero-order valence-corrected chi connectivity index (χ0v) is 17.5. The normalized spacial score (nSPS) is 10.9. The van der Waals surface area contributed by atoms with Crippen molar-refractivity contribution < 1.29 is 9.32 Å². The molecule has 0 saturated heterocycles. The summed E-state index contributed by atoms with van der Waals surface area (Å²) in [4.78, 5) is 28.2. The van der Waals surface area contributed by atoms with Crippen molar-refractivity contribution in [2.45, 2.75) is 25.7 Å². The second-order valence-electron chi connectivity index (χ2n) is 7.31. The lowest BCUT2D eigenvalue weighted by Crippen LogP contribution is -2.25. The fraction of sp³-hybridized carbons (Fsp3) is 0.261. The highest BCUT2D eigenvalue weighted by atomic mass is 16.5. The van der Waals surface area contributed by atoms with E-state index in [4.69, 9.17) is 4.52 Å². The molecular formula is C23H24N6O3. The third-order valence-corrected chi connectivity index (χ3v) is 4.98. The number of aryl methyl sites for hydroxylation is 1. The van der Waals surface area contributed by atoms with Gasteiger partial charge in [0.15, 0.2) is 5.82 Å². The summed E-state index contributed by atoms with van der Waals surface area (Å²) in [5.74, 6) is 1.58. The Morgan fingerprint density at radius 2 is 1.72 bits per heavy atom. The number of hydrogen-bond donors (Lipinski definition) is 3. The highest BCUT2D eigenvalue weighted by molar-refractivity contribution is 5.90. The molecule has 0 aliphatic rings. The van der Waals surface area contributed by atoms with E-state index in [1.54, 1.807) is 6.07 Å². The Morgan fingerprint density at radius 3 is 2.56 bits per heavy atom. The van der Waals surface area contributed by atoms with Crippen molar-refractivity contribution in [3.63, 3.8) is 0 Å². The number of anilines is 1. The molecule has 4 rings (SSSR count). The molecule has 9 heteroatoms. The lowest BCUT2D eigenvalue weighted by Gasteiger charge is -2.08. The van der Waals surface area contributed by atoms with Gasteiger partial charge in [-0.25, -0.2) is 5.10 Å². The maximum absolute atomic E-state index is 12.1. The second kappa shape index (κ2) is 10.3. The fourth-order valence-electron chi connectivity index (χ4n) is 3.30. The lowest BCUT2D eigenvalue weighted by atomic mass is 10.2. The van der Waals surface area contributed by atoms with E-state index in [2.05, 4.69) is 31.0 Å². The number of fused-ring (bicyclic) bond motifs is 1. The predicted molar refractivity (Wildman–Crippen MR) is 121 cm³/mol. The van der Waals surface area contributed by atoms with Gasteiger partial charge in [0, 0.05) is 36.9 Å². The smallest absolute Gasteiger partial charge is 0.272 e. The molecule has 0 spiro atoms. The molecule has 2 aromatic carbocycles. The molecular weight excluding hydrogens is 408 g/mol. The minimum absolute atomic E-state index is 0.0503. The molecule has 0 unspecified atom stereocenters. The van der Waals surface area contributed by atoms with Crippen LogP contribution in [0.4, 0.5) is 5.82 Å². The van der Waals surface area contributed by atoms with Crippen LogP contribution in [0.5, 0.6) is 0 Å². The molecule has 0 saturated carbocycles. The predicted octanol–water partition coefficient (Wildman–Crippen LogP) is 2.91. The maximum Gasteiger partial charge on any atom is 0.272 e. The average Bonchev–Trinajstić information content (AvgIpc) is 3.31. The molecule has 32 heavy (non-hydrogen) atoms. The van der Waals surface area contributed by atoms with Gasteiger partial charge in [0.2, 0.25) is 17.6 Å². The van der Waals surface area contributed by atoms with Crippen LogP contribution in [0.15, 0.2) is 63.9 Å². The third-order valence-electron chi connectivity index (χ3n) is 4.98. The molecule has 164 valence electrons. The Hall–Kier alpha value is -4.01. The van der Waals surface area contributed by atoms with E-state index in [-0.39, 0.29) is 11.5 Å². The number of H-pyrrole nitrogens is 1. The van der Waals surface area contributed by atoms with Gasteiger partial charge in [-0.2, -0.15) is 10.1 Å². The summed E-state index contributed by atoms with van der Waals surface area (Å²) >= 11 is 0. The first-order valence-electron chi connectivity index (χ1n) is 10.6. The van der Waals surface area contributed by atoms with Crippen LogP contribution in [0, 0.1) is 0 Å². The number of unbranched alkanes of at least 4 members (excludes halogenated alkanes) is 1. The molecule has 0 aliphatic heterocycles. The van der Waals surface area contributed by atoms with E-state index in [0.717, 1.165) is 23.8 Å². The Balaban J connectivity index is 1.14. The molecule has 3 N–H and O–H groups in total. The molecule has 0 atom stereocenters. The van der Waals surface area contributed by atoms with Crippen LogP contribution >= 0.6 is 0 Å². The van der Waals surface area contributed by atoms with Crippen molar-refractivity contribution in [2.24, 2.45) is 0 Å². The van der Waals surface area contributed by atoms with E-state index in [9.17, 15) is 9.59 Å². The first-order chi connectivity index (χ1) is 15.7. The van der Waals surface area contributed by atoms with Crippen LogP contribution in [0.25, 0.3) is 22.2 Å². The van der Waals surface area contributed by atoms with Crippen molar-refractivity contribution in [1.29, 1.82) is 0 Å². The molecule has 0 fully saturated rings. The fourth-order valence-corrected chi connectivity index (χ4v) is 3.30. The number of benzene rings is 2. The standard InChI is InChI=1S/C23H24N6O3/c30-19(12-13-20-26-21(29-32-20)16-8-2-1-3-9-16)24-14-6-7-15-25-22-17-10-4-5-11-18(17)23(31)28-27-22/h1-5,8-11H,6-7,12-15H2,(H,24,30)(H,25,27)(H,28,31). The van der Waals surface area contributed by atoms with Gasteiger partial charge in [0.05, 0.1) is 5.39 Å². The summed E-state index contributed by atoms with van der Waals surface area (Å²) in [5, 5.41) is 18.1. The third kappa shape index (κ3) is 5.37. The summed E-state index contributed by atoms with van der Waals surface area (Å²) in [6.07, 6.45) is 2.36. The van der Waals surface area contributed by atoms with Crippen molar-refractivity contribution in [2.75, 3.05) is 18.4 Å². The van der Waals surface area contributed by atoms with Gasteiger partial charge in [-0.05, 0) is 18.9 Å². The highest BCUT2D eigenvalue weighted by Gasteiger charge is 2.10. The van der Waals surface area contributed by atoms with Gasteiger partial charge in [-0.15, -0.1) is 0 Å².